The first-order valence-electron chi connectivity index (χ1n) is 7.14. The number of benzene rings is 1. The van der Waals surface area contributed by atoms with Crippen LogP contribution >= 0.6 is 0 Å². The smallest absolute Gasteiger partial charge is 0.220 e. The van der Waals surface area contributed by atoms with Crippen LogP contribution in [0, 0.1) is 0 Å². The van der Waals surface area contributed by atoms with E-state index in [0.29, 0.717) is 6.42 Å². The molecule has 3 nitrogen and oxygen atoms in total. The molecule has 0 saturated carbocycles. The molecular formula is C16H23NO2. The summed E-state index contributed by atoms with van der Waals surface area (Å²) in [6.45, 7) is 5.05. The maximum absolute atomic E-state index is 11.3. The van der Waals surface area contributed by atoms with Gasteiger partial charge in [0.05, 0.1) is 6.61 Å². The standard InChI is InChI=1S/C16H23NO2/c1-3-4-11-19-14-7-5-13(6-8-14)12-16(2)10-9-15(18)17-16/h5-8H,3-4,9-12H2,1-2H3,(H,17,18). The maximum Gasteiger partial charge on any atom is 0.220 e. The first-order chi connectivity index (χ1) is 9.11. The minimum Gasteiger partial charge on any atom is -0.494 e. The highest BCUT2D eigenvalue weighted by molar-refractivity contribution is 5.79. The van der Waals surface area contributed by atoms with Gasteiger partial charge < -0.3 is 10.1 Å². The largest absolute Gasteiger partial charge is 0.494 e. The molecule has 1 atom stereocenters. The number of hydrogen-bond acceptors (Lipinski definition) is 2. The van der Waals surface area contributed by atoms with Crippen LogP contribution in [0.15, 0.2) is 24.3 Å². The predicted octanol–water partition coefficient (Wildman–Crippen LogP) is 3.08. The van der Waals surface area contributed by atoms with Gasteiger partial charge in [-0.25, -0.2) is 0 Å². The van der Waals surface area contributed by atoms with Gasteiger partial charge in [-0.2, -0.15) is 0 Å². The van der Waals surface area contributed by atoms with E-state index in [4.69, 9.17) is 4.74 Å². The summed E-state index contributed by atoms with van der Waals surface area (Å²) in [5, 5.41) is 3.07. The molecular weight excluding hydrogens is 238 g/mol. The maximum atomic E-state index is 11.3. The number of unbranched alkanes of at least 4 members (excludes halogenated alkanes) is 1. The number of carbonyl (C=O) groups excluding carboxylic acids is 1. The Morgan fingerprint density at radius 1 is 1.32 bits per heavy atom. The molecule has 19 heavy (non-hydrogen) atoms. The minimum absolute atomic E-state index is 0.0817. The minimum atomic E-state index is -0.0817. The highest BCUT2D eigenvalue weighted by Crippen LogP contribution is 2.25. The van der Waals surface area contributed by atoms with Gasteiger partial charge in [0, 0.05) is 12.0 Å². The summed E-state index contributed by atoms with van der Waals surface area (Å²) in [4.78, 5) is 11.3. The second-order valence-electron chi connectivity index (χ2n) is 5.63. The predicted molar refractivity (Wildman–Crippen MR) is 76.3 cm³/mol. The van der Waals surface area contributed by atoms with Gasteiger partial charge in [-0.05, 0) is 43.9 Å². The summed E-state index contributed by atoms with van der Waals surface area (Å²) in [7, 11) is 0. The van der Waals surface area contributed by atoms with Gasteiger partial charge in [0.2, 0.25) is 5.91 Å². The van der Waals surface area contributed by atoms with Crippen LogP contribution in [0.5, 0.6) is 5.75 Å². The van der Waals surface area contributed by atoms with Crippen LogP contribution in [0.1, 0.15) is 45.1 Å². The summed E-state index contributed by atoms with van der Waals surface area (Å²) in [6.07, 6.45) is 4.69. The molecule has 1 aliphatic heterocycles. The average molecular weight is 261 g/mol. The Morgan fingerprint density at radius 3 is 2.63 bits per heavy atom. The number of ether oxygens (including phenoxy) is 1. The Balaban J connectivity index is 1.89. The van der Waals surface area contributed by atoms with Crippen molar-refractivity contribution in [1.82, 2.24) is 5.32 Å². The molecule has 1 amide bonds. The van der Waals surface area contributed by atoms with E-state index >= 15 is 0 Å². The molecule has 1 unspecified atom stereocenters. The van der Waals surface area contributed by atoms with E-state index in [1.807, 2.05) is 12.1 Å². The molecule has 1 fully saturated rings. The molecule has 0 aromatic heterocycles. The zero-order valence-corrected chi connectivity index (χ0v) is 11.9. The van der Waals surface area contributed by atoms with Crippen molar-refractivity contribution in [3.63, 3.8) is 0 Å². The molecule has 1 heterocycles. The van der Waals surface area contributed by atoms with Gasteiger partial charge in [0.15, 0.2) is 0 Å². The first kappa shape index (κ1) is 13.9. The summed E-state index contributed by atoms with van der Waals surface area (Å²) in [6, 6.07) is 8.23. The van der Waals surface area contributed by atoms with Crippen molar-refractivity contribution in [3.05, 3.63) is 29.8 Å². The third kappa shape index (κ3) is 3.98. The van der Waals surface area contributed by atoms with Crippen molar-refractivity contribution >= 4 is 5.91 Å². The fourth-order valence-corrected chi connectivity index (χ4v) is 2.47. The molecule has 0 aliphatic carbocycles. The van der Waals surface area contributed by atoms with E-state index in [0.717, 1.165) is 38.0 Å². The lowest BCUT2D eigenvalue weighted by atomic mass is 9.91. The van der Waals surface area contributed by atoms with Crippen LogP contribution in [0.25, 0.3) is 0 Å². The Kier molecular flexibility index (Phi) is 4.46. The Labute approximate surface area is 115 Å². The number of carbonyl (C=O) groups is 1. The molecule has 1 aliphatic rings. The molecule has 1 aromatic rings. The molecule has 104 valence electrons. The molecule has 0 spiro atoms. The van der Waals surface area contributed by atoms with Gasteiger partial charge in [0.1, 0.15) is 5.75 Å². The van der Waals surface area contributed by atoms with Crippen molar-refractivity contribution < 1.29 is 9.53 Å². The van der Waals surface area contributed by atoms with Crippen LogP contribution in [0.3, 0.4) is 0 Å². The highest BCUT2D eigenvalue weighted by Gasteiger charge is 2.32. The summed E-state index contributed by atoms with van der Waals surface area (Å²) in [5.74, 6) is 1.10. The Bertz CT molecular complexity index is 427. The van der Waals surface area contributed by atoms with Crippen molar-refractivity contribution in [1.29, 1.82) is 0 Å². The van der Waals surface area contributed by atoms with E-state index in [2.05, 4.69) is 31.3 Å². The topological polar surface area (TPSA) is 38.3 Å². The number of nitrogens with one attached hydrogen (secondary N) is 1. The van der Waals surface area contributed by atoms with E-state index in [1.165, 1.54) is 5.56 Å². The molecule has 0 bridgehead atoms. The van der Waals surface area contributed by atoms with Crippen LogP contribution in [-0.4, -0.2) is 18.1 Å². The molecule has 3 heteroatoms. The van der Waals surface area contributed by atoms with Crippen molar-refractivity contribution in [3.8, 4) is 5.75 Å². The fourth-order valence-electron chi connectivity index (χ4n) is 2.47. The monoisotopic (exact) mass is 261 g/mol. The second-order valence-corrected chi connectivity index (χ2v) is 5.63. The van der Waals surface area contributed by atoms with E-state index < -0.39 is 0 Å². The van der Waals surface area contributed by atoms with E-state index in [1.54, 1.807) is 0 Å². The second kappa shape index (κ2) is 6.09. The van der Waals surface area contributed by atoms with E-state index in [9.17, 15) is 4.79 Å². The zero-order valence-electron chi connectivity index (χ0n) is 11.9. The normalized spacial score (nSPS) is 22.3. The van der Waals surface area contributed by atoms with Crippen molar-refractivity contribution in [2.75, 3.05) is 6.61 Å². The number of amides is 1. The lowest BCUT2D eigenvalue weighted by molar-refractivity contribution is -0.119. The summed E-state index contributed by atoms with van der Waals surface area (Å²) >= 11 is 0. The highest BCUT2D eigenvalue weighted by atomic mass is 16.5. The zero-order chi connectivity index (χ0) is 13.7. The first-order valence-corrected chi connectivity index (χ1v) is 7.14. The Hall–Kier alpha value is -1.51. The molecule has 1 saturated heterocycles. The number of hydrogen-bond donors (Lipinski definition) is 1. The summed E-state index contributed by atoms with van der Waals surface area (Å²) < 4.78 is 5.64. The molecule has 1 aromatic carbocycles. The van der Waals surface area contributed by atoms with Crippen LogP contribution in [-0.2, 0) is 11.2 Å². The van der Waals surface area contributed by atoms with Gasteiger partial charge in [-0.1, -0.05) is 25.5 Å². The van der Waals surface area contributed by atoms with Crippen molar-refractivity contribution in [2.24, 2.45) is 0 Å². The number of rotatable bonds is 6. The van der Waals surface area contributed by atoms with Crippen molar-refractivity contribution in [2.45, 2.75) is 51.5 Å². The van der Waals surface area contributed by atoms with Gasteiger partial charge in [-0.3, -0.25) is 4.79 Å². The molecule has 1 N–H and O–H groups in total. The van der Waals surface area contributed by atoms with Gasteiger partial charge in [0.25, 0.3) is 0 Å². The third-order valence-electron chi connectivity index (χ3n) is 3.63. The fraction of sp³-hybridized carbons (Fsp3) is 0.562. The summed E-state index contributed by atoms with van der Waals surface area (Å²) in [5.41, 5.74) is 1.16. The van der Waals surface area contributed by atoms with Gasteiger partial charge in [-0.15, -0.1) is 0 Å². The van der Waals surface area contributed by atoms with Crippen LogP contribution in [0.4, 0.5) is 0 Å². The molecule has 2 rings (SSSR count). The quantitative estimate of drug-likeness (QED) is 0.799. The lowest BCUT2D eigenvalue weighted by Crippen LogP contribution is -2.40. The molecule has 0 radical (unpaired) electrons. The average Bonchev–Trinajstić information content (AvgIpc) is 2.71. The Morgan fingerprint density at radius 2 is 2.05 bits per heavy atom. The SMILES string of the molecule is CCCCOc1ccc(CC2(C)CCC(=O)N2)cc1. The van der Waals surface area contributed by atoms with E-state index in [-0.39, 0.29) is 11.4 Å². The van der Waals surface area contributed by atoms with Crippen LogP contribution in [0.2, 0.25) is 0 Å². The van der Waals surface area contributed by atoms with Crippen LogP contribution < -0.4 is 10.1 Å². The third-order valence-corrected chi connectivity index (χ3v) is 3.63. The lowest BCUT2D eigenvalue weighted by Gasteiger charge is -2.24. The van der Waals surface area contributed by atoms with Gasteiger partial charge >= 0.3 is 0 Å².